The first-order valence-electron chi connectivity index (χ1n) is 8.11. The zero-order valence-electron chi connectivity index (χ0n) is 14.3. The second-order valence-corrected chi connectivity index (χ2v) is 6.56. The lowest BCUT2D eigenvalue weighted by Gasteiger charge is -2.20. The van der Waals surface area contributed by atoms with E-state index in [9.17, 15) is 9.59 Å². The van der Waals surface area contributed by atoms with Crippen molar-refractivity contribution in [2.24, 2.45) is 11.8 Å². The van der Waals surface area contributed by atoms with E-state index in [0.717, 1.165) is 11.3 Å². The minimum absolute atomic E-state index is 0.0169. The van der Waals surface area contributed by atoms with E-state index < -0.39 is 0 Å². The summed E-state index contributed by atoms with van der Waals surface area (Å²) in [5, 5.41) is 3.01. The van der Waals surface area contributed by atoms with Gasteiger partial charge in [0, 0.05) is 25.6 Å². The van der Waals surface area contributed by atoms with Crippen LogP contribution in [0, 0.1) is 11.8 Å². The molecule has 1 saturated heterocycles. The summed E-state index contributed by atoms with van der Waals surface area (Å²) < 4.78 is 5.13. The van der Waals surface area contributed by atoms with Gasteiger partial charge in [-0.25, -0.2) is 0 Å². The van der Waals surface area contributed by atoms with Crippen molar-refractivity contribution < 1.29 is 14.3 Å². The van der Waals surface area contributed by atoms with E-state index >= 15 is 0 Å². The highest BCUT2D eigenvalue weighted by atomic mass is 16.5. The fraction of sp³-hybridized carbons (Fsp3) is 0.556. The molecule has 1 fully saturated rings. The number of hydrogen-bond acceptors (Lipinski definition) is 3. The zero-order valence-corrected chi connectivity index (χ0v) is 14.3. The number of nitrogens with one attached hydrogen (secondary N) is 1. The molecule has 2 rings (SSSR count). The monoisotopic (exact) mass is 318 g/mol. The van der Waals surface area contributed by atoms with E-state index in [1.165, 1.54) is 0 Å². The number of carbonyl (C=O) groups excluding carboxylic acids is 2. The molecule has 0 saturated carbocycles. The van der Waals surface area contributed by atoms with Crippen LogP contribution in [0.15, 0.2) is 24.3 Å². The van der Waals surface area contributed by atoms with Crippen molar-refractivity contribution in [1.29, 1.82) is 0 Å². The average molecular weight is 318 g/mol. The number of amides is 2. The standard InChI is InChI=1S/C18H26N2O3/c1-12(2)13(3)19-18(22)15-9-17(21)20(11-15)10-14-5-7-16(23-4)8-6-14/h5-8,12-13,15H,9-11H2,1-4H3,(H,19,22)/t13-,15-/m0/s1. The van der Waals surface area contributed by atoms with Gasteiger partial charge in [0.25, 0.3) is 0 Å². The molecule has 1 aliphatic heterocycles. The first-order chi connectivity index (χ1) is 10.9. The topological polar surface area (TPSA) is 58.6 Å². The van der Waals surface area contributed by atoms with Gasteiger partial charge in [0.15, 0.2) is 0 Å². The summed E-state index contributed by atoms with van der Waals surface area (Å²) in [5.41, 5.74) is 1.04. The van der Waals surface area contributed by atoms with Gasteiger partial charge in [0.1, 0.15) is 5.75 Å². The molecule has 0 spiro atoms. The summed E-state index contributed by atoms with van der Waals surface area (Å²) in [6, 6.07) is 7.77. The molecular formula is C18H26N2O3. The highest BCUT2D eigenvalue weighted by molar-refractivity contribution is 5.89. The Morgan fingerprint density at radius 1 is 1.30 bits per heavy atom. The van der Waals surface area contributed by atoms with Gasteiger partial charge in [-0.1, -0.05) is 26.0 Å². The second-order valence-electron chi connectivity index (χ2n) is 6.56. The maximum absolute atomic E-state index is 12.3. The Morgan fingerprint density at radius 2 is 1.96 bits per heavy atom. The summed E-state index contributed by atoms with van der Waals surface area (Å²) in [6.07, 6.45) is 0.298. The first-order valence-corrected chi connectivity index (χ1v) is 8.11. The average Bonchev–Trinajstić information content (AvgIpc) is 2.89. The number of nitrogens with zero attached hydrogens (tertiary/aromatic N) is 1. The smallest absolute Gasteiger partial charge is 0.225 e. The Labute approximate surface area is 138 Å². The highest BCUT2D eigenvalue weighted by Gasteiger charge is 2.34. The lowest BCUT2D eigenvalue weighted by atomic mass is 10.0. The Kier molecular flexibility index (Phi) is 5.64. The molecule has 126 valence electrons. The Hall–Kier alpha value is -2.04. The second kappa shape index (κ2) is 7.49. The summed E-state index contributed by atoms with van der Waals surface area (Å²) in [7, 11) is 1.63. The highest BCUT2D eigenvalue weighted by Crippen LogP contribution is 2.22. The van der Waals surface area contributed by atoms with Crippen LogP contribution >= 0.6 is 0 Å². The van der Waals surface area contributed by atoms with Crippen molar-refractivity contribution in [1.82, 2.24) is 10.2 Å². The van der Waals surface area contributed by atoms with Gasteiger partial charge < -0.3 is 15.0 Å². The molecule has 5 nitrogen and oxygen atoms in total. The van der Waals surface area contributed by atoms with Crippen molar-refractivity contribution in [3.05, 3.63) is 29.8 Å². The minimum Gasteiger partial charge on any atom is -0.497 e. The fourth-order valence-electron chi connectivity index (χ4n) is 2.56. The fourth-order valence-corrected chi connectivity index (χ4v) is 2.56. The molecule has 1 heterocycles. The van der Waals surface area contributed by atoms with Gasteiger partial charge in [0.2, 0.25) is 11.8 Å². The molecule has 5 heteroatoms. The van der Waals surface area contributed by atoms with E-state index in [1.54, 1.807) is 12.0 Å². The van der Waals surface area contributed by atoms with Crippen molar-refractivity contribution in [3.8, 4) is 5.75 Å². The summed E-state index contributed by atoms with van der Waals surface area (Å²) in [5.74, 6) is 0.949. The molecule has 0 aliphatic carbocycles. The number of ether oxygens (including phenoxy) is 1. The SMILES string of the molecule is COc1ccc(CN2C[C@@H](C(=O)N[C@@H](C)C(C)C)CC2=O)cc1. The number of rotatable bonds is 6. The summed E-state index contributed by atoms with van der Waals surface area (Å²) in [6.45, 7) is 7.16. The molecule has 0 unspecified atom stereocenters. The van der Waals surface area contributed by atoms with E-state index in [1.807, 2.05) is 31.2 Å². The number of likely N-dealkylation sites (tertiary alicyclic amines) is 1. The lowest BCUT2D eigenvalue weighted by Crippen LogP contribution is -2.40. The van der Waals surface area contributed by atoms with Crippen LogP contribution in [0.1, 0.15) is 32.8 Å². The van der Waals surface area contributed by atoms with Gasteiger partial charge in [-0.05, 0) is 30.5 Å². The van der Waals surface area contributed by atoms with Crippen molar-refractivity contribution in [2.75, 3.05) is 13.7 Å². The van der Waals surface area contributed by atoms with Crippen LogP contribution in [0.25, 0.3) is 0 Å². The van der Waals surface area contributed by atoms with Gasteiger partial charge in [0.05, 0.1) is 13.0 Å². The van der Waals surface area contributed by atoms with E-state index in [2.05, 4.69) is 19.2 Å². The number of methoxy groups -OCH3 is 1. The maximum Gasteiger partial charge on any atom is 0.225 e. The third kappa shape index (κ3) is 4.47. The van der Waals surface area contributed by atoms with Crippen LogP contribution in [-0.2, 0) is 16.1 Å². The van der Waals surface area contributed by atoms with Gasteiger partial charge >= 0.3 is 0 Å². The molecular weight excluding hydrogens is 292 g/mol. The van der Waals surface area contributed by atoms with Crippen LogP contribution in [0.4, 0.5) is 0 Å². The van der Waals surface area contributed by atoms with Crippen molar-refractivity contribution in [2.45, 2.75) is 39.8 Å². The largest absolute Gasteiger partial charge is 0.497 e. The van der Waals surface area contributed by atoms with Gasteiger partial charge in [-0.2, -0.15) is 0 Å². The predicted molar refractivity (Wildman–Crippen MR) is 89.0 cm³/mol. The van der Waals surface area contributed by atoms with Crippen LogP contribution in [0.3, 0.4) is 0 Å². The lowest BCUT2D eigenvalue weighted by molar-refractivity contribution is -0.129. The third-order valence-corrected chi connectivity index (χ3v) is 4.49. The maximum atomic E-state index is 12.3. The van der Waals surface area contributed by atoms with Crippen LogP contribution in [0.2, 0.25) is 0 Å². The number of benzene rings is 1. The van der Waals surface area contributed by atoms with E-state index in [0.29, 0.717) is 25.4 Å². The van der Waals surface area contributed by atoms with E-state index in [-0.39, 0.29) is 23.8 Å². The van der Waals surface area contributed by atoms with Crippen LogP contribution in [0.5, 0.6) is 5.75 Å². The summed E-state index contributed by atoms with van der Waals surface area (Å²) >= 11 is 0. The van der Waals surface area contributed by atoms with Crippen molar-refractivity contribution >= 4 is 11.8 Å². The quantitative estimate of drug-likeness (QED) is 0.875. The van der Waals surface area contributed by atoms with Gasteiger partial charge in [-0.3, -0.25) is 9.59 Å². The Morgan fingerprint density at radius 3 is 2.52 bits per heavy atom. The molecule has 2 amide bonds. The Bertz CT molecular complexity index is 554. The Balaban J connectivity index is 1.92. The normalized spacial score (nSPS) is 19.1. The number of carbonyl (C=O) groups is 2. The molecule has 1 aromatic rings. The first kappa shape index (κ1) is 17.3. The summed E-state index contributed by atoms with van der Waals surface area (Å²) in [4.78, 5) is 26.2. The van der Waals surface area contributed by atoms with E-state index in [4.69, 9.17) is 4.74 Å². The minimum atomic E-state index is -0.248. The molecule has 0 radical (unpaired) electrons. The van der Waals surface area contributed by atoms with Crippen LogP contribution in [-0.4, -0.2) is 36.4 Å². The predicted octanol–water partition coefficient (Wildman–Crippen LogP) is 2.20. The molecule has 1 N–H and O–H groups in total. The molecule has 1 aliphatic rings. The molecule has 2 atom stereocenters. The molecule has 1 aromatic carbocycles. The number of hydrogen-bond donors (Lipinski definition) is 1. The van der Waals surface area contributed by atoms with Gasteiger partial charge in [-0.15, -0.1) is 0 Å². The molecule has 0 bridgehead atoms. The molecule has 0 aromatic heterocycles. The van der Waals surface area contributed by atoms with Crippen molar-refractivity contribution in [3.63, 3.8) is 0 Å². The third-order valence-electron chi connectivity index (χ3n) is 4.49. The van der Waals surface area contributed by atoms with Crippen LogP contribution < -0.4 is 10.1 Å². The molecule has 23 heavy (non-hydrogen) atoms. The zero-order chi connectivity index (χ0) is 17.0.